The van der Waals surface area contributed by atoms with Crippen LogP contribution in [0, 0.1) is 17.0 Å². The van der Waals surface area contributed by atoms with E-state index in [9.17, 15) is 14.9 Å². The zero-order valence-electron chi connectivity index (χ0n) is 16.1. The number of benzene rings is 2. The third kappa shape index (κ3) is 3.85. The van der Waals surface area contributed by atoms with E-state index < -0.39 is 4.92 Å². The van der Waals surface area contributed by atoms with Crippen LogP contribution in [0.25, 0.3) is 11.3 Å². The molecule has 4 rings (SSSR count). The summed E-state index contributed by atoms with van der Waals surface area (Å²) in [5.74, 6) is 1.28. The van der Waals surface area contributed by atoms with Crippen molar-refractivity contribution in [2.24, 2.45) is 0 Å². The maximum absolute atomic E-state index is 13.0. The van der Waals surface area contributed by atoms with Gasteiger partial charge in [0.15, 0.2) is 0 Å². The highest BCUT2D eigenvalue weighted by Gasteiger charge is 2.25. The molecule has 0 aliphatic carbocycles. The standard InChI is InChI=1S/C22H21N3O4/c1-16-20(15-21(29-16)17-5-3-2-4-6-17)22(26)24-13-11-23(12-14-24)18-7-9-19(10-8-18)25(27)28/h2-10,15H,11-14H2,1H3. The van der Waals surface area contributed by atoms with Crippen molar-refractivity contribution in [3.63, 3.8) is 0 Å². The molecule has 7 heteroatoms. The Morgan fingerprint density at radius 2 is 1.66 bits per heavy atom. The fourth-order valence-corrected chi connectivity index (χ4v) is 3.56. The van der Waals surface area contributed by atoms with Gasteiger partial charge < -0.3 is 14.2 Å². The van der Waals surface area contributed by atoms with Crippen molar-refractivity contribution in [3.8, 4) is 11.3 Å². The van der Waals surface area contributed by atoms with Gasteiger partial charge in [0.25, 0.3) is 11.6 Å². The lowest BCUT2D eigenvalue weighted by Gasteiger charge is -2.36. The van der Waals surface area contributed by atoms with Crippen LogP contribution in [-0.4, -0.2) is 41.9 Å². The SMILES string of the molecule is Cc1oc(-c2ccccc2)cc1C(=O)N1CCN(c2ccc([N+](=O)[O-])cc2)CC1. The Balaban J connectivity index is 1.43. The first kappa shape index (κ1) is 18.7. The quantitative estimate of drug-likeness (QED) is 0.494. The molecule has 0 atom stereocenters. The number of carbonyl (C=O) groups is 1. The average Bonchev–Trinajstić information content (AvgIpc) is 3.15. The number of aryl methyl sites for hydroxylation is 1. The molecule has 0 radical (unpaired) electrons. The third-order valence-corrected chi connectivity index (χ3v) is 5.20. The van der Waals surface area contributed by atoms with Gasteiger partial charge >= 0.3 is 0 Å². The fourth-order valence-electron chi connectivity index (χ4n) is 3.56. The average molecular weight is 391 g/mol. The van der Waals surface area contributed by atoms with Crippen molar-refractivity contribution in [3.05, 3.63) is 82.1 Å². The first-order valence-corrected chi connectivity index (χ1v) is 9.47. The van der Waals surface area contributed by atoms with E-state index in [4.69, 9.17) is 4.42 Å². The molecule has 1 aliphatic rings. The molecule has 1 amide bonds. The molecule has 148 valence electrons. The van der Waals surface area contributed by atoms with E-state index in [0.29, 0.717) is 43.3 Å². The summed E-state index contributed by atoms with van der Waals surface area (Å²) in [5, 5.41) is 10.8. The van der Waals surface area contributed by atoms with Gasteiger partial charge in [-0.1, -0.05) is 30.3 Å². The maximum atomic E-state index is 13.0. The van der Waals surface area contributed by atoms with Crippen molar-refractivity contribution < 1.29 is 14.1 Å². The minimum Gasteiger partial charge on any atom is -0.461 e. The smallest absolute Gasteiger partial charge is 0.269 e. The molecular weight excluding hydrogens is 370 g/mol. The van der Waals surface area contributed by atoms with Gasteiger partial charge in [0.2, 0.25) is 0 Å². The first-order chi connectivity index (χ1) is 14.0. The summed E-state index contributed by atoms with van der Waals surface area (Å²) in [6.45, 7) is 4.33. The largest absolute Gasteiger partial charge is 0.461 e. The lowest BCUT2D eigenvalue weighted by atomic mass is 10.1. The summed E-state index contributed by atoms with van der Waals surface area (Å²) in [6.07, 6.45) is 0. The van der Waals surface area contributed by atoms with E-state index >= 15 is 0 Å². The Labute approximate surface area is 168 Å². The molecule has 0 saturated carbocycles. The van der Waals surface area contributed by atoms with Gasteiger partial charge in [-0.25, -0.2) is 0 Å². The number of anilines is 1. The number of rotatable bonds is 4. The van der Waals surface area contributed by atoms with Crippen LogP contribution in [0.3, 0.4) is 0 Å². The van der Waals surface area contributed by atoms with Crippen molar-refractivity contribution in [1.29, 1.82) is 0 Å². The number of furan rings is 1. The number of non-ortho nitro benzene ring substituents is 1. The second-order valence-corrected chi connectivity index (χ2v) is 7.00. The Morgan fingerprint density at radius 1 is 1.00 bits per heavy atom. The van der Waals surface area contributed by atoms with Gasteiger partial charge in [0.1, 0.15) is 11.5 Å². The number of carbonyl (C=O) groups excluding carboxylic acids is 1. The van der Waals surface area contributed by atoms with Crippen LogP contribution in [-0.2, 0) is 0 Å². The highest BCUT2D eigenvalue weighted by atomic mass is 16.6. The molecule has 2 heterocycles. The van der Waals surface area contributed by atoms with Gasteiger partial charge in [-0.05, 0) is 25.1 Å². The van der Waals surface area contributed by atoms with Crippen LogP contribution in [0.2, 0.25) is 0 Å². The van der Waals surface area contributed by atoms with E-state index in [1.165, 1.54) is 12.1 Å². The van der Waals surface area contributed by atoms with E-state index in [1.54, 1.807) is 12.1 Å². The van der Waals surface area contributed by atoms with Gasteiger partial charge in [-0.3, -0.25) is 14.9 Å². The highest BCUT2D eigenvalue weighted by molar-refractivity contribution is 5.96. The second kappa shape index (κ2) is 7.79. The van der Waals surface area contributed by atoms with Crippen LogP contribution in [0.1, 0.15) is 16.1 Å². The lowest BCUT2D eigenvalue weighted by Crippen LogP contribution is -2.48. The minimum atomic E-state index is -0.405. The predicted octanol–water partition coefficient (Wildman–Crippen LogP) is 4.13. The van der Waals surface area contributed by atoms with Gasteiger partial charge in [0, 0.05) is 49.6 Å². The summed E-state index contributed by atoms with van der Waals surface area (Å²) in [6, 6.07) is 18.1. The molecule has 0 spiro atoms. The third-order valence-electron chi connectivity index (χ3n) is 5.20. The molecule has 29 heavy (non-hydrogen) atoms. The Kier molecular flexibility index (Phi) is 5.03. The lowest BCUT2D eigenvalue weighted by molar-refractivity contribution is -0.384. The van der Waals surface area contributed by atoms with Gasteiger partial charge in [-0.15, -0.1) is 0 Å². The van der Waals surface area contributed by atoms with Gasteiger partial charge in [-0.2, -0.15) is 0 Å². The monoisotopic (exact) mass is 391 g/mol. The molecule has 3 aromatic rings. The molecule has 0 bridgehead atoms. The Hall–Kier alpha value is -3.61. The molecule has 0 N–H and O–H groups in total. The number of nitro groups is 1. The summed E-state index contributed by atoms with van der Waals surface area (Å²) >= 11 is 0. The van der Waals surface area contributed by atoms with E-state index in [1.807, 2.05) is 48.2 Å². The fraction of sp³-hybridized carbons (Fsp3) is 0.227. The second-order valence-electron chi connectivity index (χ2n) is 7.00. The van der Waals surface area contributed by atoms with Crippen molar-refractivity contribution >= 4 is 17.3 Å². The summed E-state index contributed by atoms with van der Waals surface area (Å²) < 4.78 is 5.82. The van der Waals surface area contributed by atoms with Crippen molar-refractivity contribution in [2.75, 3.05) is 31.1 Å². The van der Waals surface area contributed by atoms with Crippen molar-refractivity contribution in [2.45, 2.75) is 6.92 Å². The molecule has 1 fully saturated rings. The number of nitrogens with zero attached hydrogens (tertiary/aromatic N) is 3. The highest BCUT2D eigenvalue weighted by Crippen LogP contribution is 2.27. The van der Waals surface area contributed by atoms with Crippen LogP contribution in [0.15, 0.2) is 65.1 Å². The number of amides is 1. The van der Waals surface area contributed by atoms with E-state index in [2.05, 4.69) is 4.90 Å². The summed E-state index contributed by atoms with van der Waals surface area (Å²) in [4.78, 5) is 27.4. The minimum absolute atomic E-state index is 0.0308. The molecule has 1 aliphatic heterocycles. The summed E-state index contributed by atoms with van der Waals surface area (Å²) in [5.41, 5.74) is 2.53. The molecule has 1 saturated heterocycles. The first-order valence-electron chi connectivity index (χ1n) is 9.47. The Bertz CT molecular complexity index is 1020. The zero-order valence-corrected chi connectivity index (χ0v) is 16.1. The number of hydrogen-bond donors (Lipinski definition) is 0. The predicted molar refractivity (Wildman–Crippen MR) is 110 cm³/mol. The zero-order chi connectivity index (χ0) is 20.4. The van der Waals surface area contributed by atoms with E-state index in [0.717, 1.165) is 11.3 Å². The van der Waals surface area contributed by atoms with Crippen molar-refractivity contribution in [1.82, 2.24) is 4.90 Å². The molecule has 1 aromatic heterocycles. The summed E-state index contributed by atoms with van der Waals surface area (Å²) in [7, 11) is 0. The Morgan fingerprint density at radius 3 is 2.28 bits per heavy atom. The van der Waals surface area contributed by atoms with Crippen LogP contribution >= 0.6 is 0 Å². The topological polar surface area (TPSA) is 79.8 Å². The molecule has 0 unspecified atom stereocenters. The number of hydrogen-bond acceptors (Lipinski definition) is 5. The van der Waals surface area contributed by atoms with E-state index in [-0.39, 0.29) is 11.6 Å². The van der Waals surface area contributed by atoms with Crippen LogP contribution in [0.4, 0.5) is 11.4 Å². The molecule has 7 nitrogen and oxygen atoms in total. The molecular formula is C22H21N3O4. The van der Waals surface area contributed by atoms with Crippen LogP contribution < -0.4 is 4.90 Å². The molecule has 2 aromatic carbocycles. The number of nitro benzene ring substituents is 1. The van der Waals surface area contributed by atoms with Gasteiger partial charge in [0.05, 0.1) is 10.5 Å². The number of piperazine rings is 1. The van der Waals surface area contributed by atoms with Crippen LogP contribution in [0.5, 0.6) is 0 Å². The normalized spacial score (nSPS) is 14.1. The maximum Gasteiger partial charge on any atom is 0.269 e.